The van der Waals surface area contributed by atoms with E-state index in [9.17, 15) is 9.59 Å². The second kappa shape index (κ2) is 7.41. The van der Waals surface area contributed by atoms with E-state index in [0.29, 0.717) is 12.2 Å². The van der Waals surface area contributed by atoms with Crippen molar-refractivity contribution in [2.75, 3.05) is 13.7 Å². The fourth-order valence-electron chi connectivity index (χ4n) is 1.79. The van der Waals surface area contributed by atoms with Crippen LogP contribution in [0.15, 0.2) is 24.3 Å². The molecule has 0 aliphatic rings. The van der Waals surface area contributed by atoms with Gasteiger partial charge in [-0.3, -0.25) is 9.59 Å². The predicted molar refractivity (Wildman–Crippen MR) is 69.1 cm³/mol. The maximum Gasteiger partial charge on any atom is 0.309 e. The molecule has 0 saturated heterocycles. The number of carboxylic acid groups (broad SMARTS) is 1. The number of ether oxygens (including phenoxy) is 2. The van der Waals surface area contributed by atoms with E-state index in [1.165, 1.54) is 0 Å². The van der Waals surface area contributed by atoms with Gasteiger partial charge < -0.3 is 14.6 Å². The number of carbonyl (C=O) groups is 2. The van der Waals surface area contributed by atoms with E-state index in [0.717, 1.165) is 5.56 Å². The lowest BCUT2D eigenvalue weighted by atomic mass is 9.96. The molecule has 0 bridgehead atoms. The first kappa shape index (κ1) is 15.0. The number of methoxy groups -OCH3 is 1. The van der Waals surface area contributed by atoms with Crippen molar-refractivity contribution in [1.82, 2.24) is 0 Å². The van der Waals surface area contributed by atoms with Crippen molar-refractivity contribution in [1.29, 1.82) is 0 Å². The van der Waals surface area contributed by atoms with Crippen molar-refractivity contribution in [3.05, 3.63) is 29.8 Å². The smallest absolute Gasteiger partial charge is 0.309 e. The molecule has 5 nitrogen and oxygen atoms in total. The highest BCUT2D eigenvalue weighted by molar-refractivity contribution is 5.79. The highest BCUT2D eigenvalue weighted by Gasteiger charge is 2.23. The van der Waals surface area contributed by atoms with Gasteiger partial charge in [0.15, 0.2) is 0 Å². The van der Waals surface area contributed by atoms with E-state index < -0.39 is 17.9 Å². The Morgan fingerprint density at radius 2 is 2.11 bits per heavy atom. The zero-order chi connectivity index (χ0) is 14.3. The van der Waals surface area contributed by atoms with Gasteiger partial charge in [-0.15, -0.1) is 0 Å². The van der Waals surface area contributed by atoms with Gasteiger partial charge in [0.05, 0.1) is 26.1 Å². The Labute approximate surface area is 112 Å². The first-order valence-corrected chi connectivity index (χ1v) is 6.08. The summed E-state index contributed by atoms with van der Waals surface area (Å²) in [6, 6.07) is 7.21. The lowest BCUT2D eigenvalue weighted by Crippen LogP contribution is -2.23. The topological polar surface area (TPSA) is 72.8 Å². The Morgan fingerprint density at radius 3 is 2.68 bits per heavy atom. The first-order valence-electron chi connectivity index (χ1n) is 6.08. The fourth-order valence-corrected chi connectivity index (χ4v) is 1.79. The minimum absolute atomic E-state index is 0.240. The summed E-state index contributed by atoms with van der Waals surface area (Å²) >= 11 is 0. The van der Waals surface area contributed by atoms with Crippen molar-refractivity contribution in [3.63, 3.8) is 0 Å². The second-order valence-electron chi connectivity index (χ2n) is 4.10. The highest BCUT2D eigenvalue weighted by Crippen LogP contribution is 2.18. The Morgan fingerprint density at radius 1 is 1.37 bits per heavy atom. The molecule has 0 fully saturated rings. The number of hydrogen-bond acceptors (Lipinski definition) is 4. The van der Waals surface area contributed by atoms with Crippen molar-refractivity contribution in [2.24, 2.45) is 5.92 Å². The van der Waals surface area contributed by atoms with Gasteiger partial charge in [0.25, 0.3) is 0 Å². The summed E-state index contributed by atoms with van der Waals surface area (Å²) in [5, 5.41) is 8.85. The molecule has 0 aromatic heterocycles. The molecule has 1 rings (SSSR count). The summed E-state index contributed by atoms with van der Waals surface area (Å²) in [7, 11) is 1.55. The number of aliphatic carboxylic acids is 1. The minimum Gasteiger partial charge on any atom is -0.497 e. The molecule has 104 valence electrons. The number of carboxylic acids is 1. The molecule has 0 spiro atoms. The summed E-state index contributed by atoms with van der Waals surface area (Å²) < 4.78 is 9.99. The fraction of sp³-hybridized carbons (Fsp3) is 0.429. The number of rotatable bonds is 7. The Kier molecular flexibility index (Phi) is 5.85. The van der Waals surface area contributed by atoms with Crippen LogP contribution in [0.5, 0.6) is 5.75 Å². The van der Waals surface area contributed by atoms with E-state index >= 15 is 0 Å². The van der Waals surface area contributed by atoms with Gasteiger partial charge in [0, 0.05) is 0 Å². The van der Waals surface area contributed by atoms with Crippen LogP contribution in [0.1, 0.15) is 18.9 Å². The maximum atomic E-state index is 11.7. The molecule has 19 heavy (non-hydrogen) atoms. The van der Waals surface area contributed by atoms with Crippen LogP contribution in [0.25, 0.3) is 0 Å². The van der Waals surface area contributed by atoms with Crippen LogP contribution in [0, 0.1) is 5.92 Å². The van der Waals surface area contributed by atoms with E-state index in [2.05, 4.69) is 0 Å². The standard InChI is InChI=1S/C14H18O5/c1-3-19-14(17)11(9-13(15)16)7-10-5-4-6-12(8-10)18-2/h4-6,8,11H,3,7,9H2,1-2H3,(H,15,16). The monoisotopic (exact) mass is 266 g/mol. The number of hydrogen-bond donors (Lipinski definition) is 1. The molecular formula is C14H18O5. The Bertz CT molecular complexity index is 441. The third-order valence-corrected chi connectivity index (χ3v) is 2.66. The lowest BCUT2D eigenvalue weighted by molar-refractivity contribution is -0.152. The predicted octanol–water partition coefficient (Wildman–Crippen LogP) is 1.89. The molecule has 1 N–H and O–H groups in total. The second-order valence-corrected chi connectivity index (χ2v) is 4.10. The molecule has 0 radical (unpaired) electrons. The van der Waals surface area contributed by atoms with Gasteiger partial charge >= 0.3 is 11.9 Å². The maximum absolute atomic E-state index is 11.7. The molecule has 1 atom stereocenters. The van der Waals surface area contributed by atoms with Crippen molar-refractivity contribution in [2.45, 2.75) is 19.8 Å². The van der Waals surface area contributed by atoms with Crippen LogP contribution in [0.3, 0.4) is 0 Å². The SMILES string of the molecule is CCOC(=O)C(CC(=O)O)Cc1cccc(OC)c1. The first-order chi connectivity index (χ1) is 9.06. The summed E-state index contributed by atoms with van der Waals surface area (Å²) in [5.74, 6) is -1.49. The molecule has 0 heterocycles. The van der Waals surface area contributed by atoms with Crippen molar-refractivity contribution in [3.8, 4) is 5.75 Å². The van der Waals surface area contributed by atoms with Crippen LogP contribution < -0.4 is 4.74 Å². The highest BCUT2D eigenvalue weighted by atomic mass is 16.5. The Hall–Kier alpha value is -2.04. The van der Waals surface area contributed by atoms with Gasteiger partial charge in [-0.1, -0.05) is 12.1 Å². The average molecular weight is 266 g/mol. The van der Waals surface area contributed by atoms with Gasteiger partial charge in [-0.25, -0.2) is 0 Å². The quantitative estimate of drug-likeness (QED) is 0.763. The van der Waals surface area contributed by atoms with Crippen molar-refractivity contribution < 1.29 is 24.2 Å². The summed E-state index contributed by atoms with van der Waals surface area (Å²) in [6.45, 7) is 1.94. The minimum atomic E-state index is -1.01. The molecule has 0 amide bonds. The Balaban J connectivity index is 2.80. The largest absolute Gasteiger partial charge is 0.497 e. The zero-order valence-electron chi connectivity index (χ0n) is 11.1. The third-order valence-electron chi connectivity index (χ3n) is 2.66. The van der Waals surface area contributed by atoms with Gasteiger partial charge in [-0.2, -0.15) is 0 Å². The molecule has 1 aromatic rings. The van der Waals surface area contributed by atoms with E-state index in [-0.39, 0.29) is 13.0 Å². The molecule has 0 saturated carbocycles. The van der Waals surface area contributed by atoms with Crippen LogP contribution >= 0.6 is 0 Å². The summed E-state index contributed by atoms with van der Waals surface area (Å²) in [6.07, 6.45) is 0.0817. The molecule has 0 aliphatic heterocycles. The molecule has 0 aliphatic carbocycles. The summed E-state index contributed by atoms with van der Waals surface area (Å²) in [4.78, 5) is 22.5. The number of benzene rings is 1. The van der Waals surface area contributed by atoms with E-state index in [1.807, 2.05) is 6.07 Å². The number of esters is 1. The van der Waals surface area contributed by atoms with Crippen LogP contribution in [0.2, 0.25) is 0 Å². The van der Waals surface area contributed by atoms with Gasteiger partial charge in [0.2, 0.25) is 0 Å². The molecule has 1 unspecified atom stereocenters. The average Bonchev–Trinajstić information content (AvgIpc) is 2.38. The van der Waals surface area contributed by atoms with E-state index in [1.54, 1.807) is 32.2 Å². The molecule has 1 aromatic carbocycles. The lowest BCUT2D eigenvalue weighted by Gasteiger charge is -2.14. The zero-order valence-corrected chi connectivity index (χ0v) is 11.1. The number of carbonyl (C=O) groups excluding carboxylic acids is 1. The van der Waals surface area contributed by atoms with E-state index in [4.69, 9.17) is 14.6 Å². The third kappa shape index (κ3) is 4.99. The van der Waals surface area contributed by atoms with Crippen LogP contribution in [-0.4, -0.2) is 30.8 Å². The van der Waals surface area contributed by atoms with Crippen LogP contribution in [-0.2, 0) is 20.7 Å². The summed E-state index contributed by atoms with van der Waals surface area (Å²) in [5.41, 5.74) is 0.846. The molecular weight excluding hydrogens is 248 g/mol. The normalized spacial score (nSPS) is 11.7. The molecule has 5 heteroatoms. The van der Waals surface area contributed by atoms with Gasteiger partial charge in [0.1, 0.15) is 5.75 Å². The van der Waals surface area contributed by atoms with Crippen LogP contribution in [0.4, 0.5) is 0 Å². The van der Waals surface area contributed by atoms with Gasteiger partial charge in [-0.05, 0) is 31.0 Å². The van der Waals surface area contributed by atoms with Crippen molar-refractivity contribution >= 4 is 11.9 Å².